The van der Waals surface area contributed by atoms with Crippen molar-refractivity contribution in [3.05, 3.63) is 10.8 Å². The van der Waals surface area contributed by atoms with Gasteiger partial charge in [-0.25, -0.2) is 9.97 Å². The Morgan fingerprint density at radius 2 is 2.13 bits per heavy atom. The third-order valence-corrected chi connectivity index (χ3v) is 2.88. The summed E-state index contributed by atoms with van der Waals surface area (Å²) >= 11 is 3.52. The quantitative estimate of drug-likeness (QED) is 0.895. The second-order valence-electron chi connectivity index (χ2n) is 3.30. The molecule has 0 fully saturated rings. The highest BCUT2D eigenvalue weighted by atomic mass is 79.9. The molecule has 0 aliphatic heterocycles. The monoisotopic (exact) mass is 272 g/mol. The van der Waals surface area contributed by atoms with E-state index in [-0.39, 0.29) is 0 Å². The van der Waals surface area contributed by atoms with E-state index in [9.17, 15) is 0 Å². The maximum atomic E-state index is 4.25. The number of hydrogen-bond acceptors (Lipinski definition) is 4. The number of halogens is 1. The molecule has 0 saturated heterocycles. The van der Waals surface area contributed by atoms with Gasteiger partial charge < -0.3 is 10.2 Å². The topological polar surface area (TPSA) is 41.1 Å². The summed E-state index contributed by atoms with van der Waals surface area (Å²) in [5, 5.41) is 3.26. The zero-order valence-electron chi connectivity index (χ0n) is 9.42. The van der Waals surface area contributed by atoms with Gasteiger partial charge >= 0.3 is 0 Å². The molecule has 0 aliphatic rings. The van der Waals surface area contributed by atoms with Crippen LogP contribution in [0.4, 0.5) is 11.6 Å². The van der Waals surface area contributed by atoms with Gasteiger partial charge in [0.15, 0.2) is 0 Å². The van der Waals surface area contributed by atoms with Crippen LogP contribution in [0.1, 0.15) is 20.3 Å². The molecule has 0 aliphatic carbocycles. The Labute approximate surface area is 99.2 Å². The molecule has 4 nitrogen and oxygen atoms in total. The van der Waals surface area contributed by atoms with Crippen LogP contribution in [0.5, 0.6) is 0 Å². The van der Waals surface area contributed by atoms with Crippen LogP contribution in [0.25, 0.3) is 0 Å². The molecule has 0 unspecified atom stereocenters. The van der Waals surface area contributed by atoms with E-state index >= 15 is 0 Å². The van der Waals surface area contributed by atoms with Gasteiger partial charge in [-0.15, -0.1) is 0 Å². The molecule has 1 N–H and O–H groups in total. The lowest BCUT2D eigenvalue weighted by atomic mass is 10.4. The Balaban J connectivity index is 2.90. The summed E-state index contributed by atoms with van der Waals surface area (Å²) in [6, 6.07) is 0. The SMILES string of the molecule is CCCNc1ncnc(N(C)CC)c1Br. The van der Waals surface area contributed by atoms with Gasteiger partial charge in [-0.2, -0.15) is 0 Å². The van der Waals surface area contributed by atoms with Crippen LogP contribution in [0.3, 0.4) is 0 Å². The lowest BCUT2D eigenvalue weighted by Gasteiger charge is -2.18. The van der Waals surface area contributed by atoms with E-state index < -0.39 is 0 Å². The predicted octanol–water partition coefficient (Wildman–Crippen LogP) is 2.52. The van der Waals surface area contributed by atoms with Gasteiger partial charge in [-0.1, -0.05) is 6.92 Å². The molecule has 15 heavy (non-hydrogen) atoms. The Hall–Kier alpha value is -0.840. The molecule has 0 bridgehead atoms. The zero-order chi connectivity index (χ0) is 11.3. The summed E-state index contributed by atoms with van der Waals surface area (Å²) < 4.78 is 0.933. The minimum Gasteiger partial charge on any atom is -0.369 e. The molecule has 0 spiro atoms. The van der Waals surface area contributed by atoms with Crippen LogP contribution in [-0.4, -0.2) is 30.1 Å². The molecular formula is C10H17BrN4. The molecule has 84 valence electrons. The molecule has 1 aromatic rings. The maximum Gasteiger partial charge on any atom is 0.148 e. The third-order valence-electron chi connectivity index (χ3n) is 2.15. The number of nitrogens with zero attached hydrogens (tertiary/aromatic N) is 3. The minimum absolute atomic E-state index is 0.863. The fourth-order valence-electron chi connectivity index (χ4n) is 1.14. The smallest absolute Gasteiger partial charge is 0.148 e. The first kappa shape index (κ1) is 12.2. The van der Waals surface area contributed by atoms with Crippen LogP contribution >= 0.6 is 15.9 Å². The fourth-order valence-corrected chi connectivity index (χ4v) is 1.79. The summed E-state index contributed by atoms with van der Waals surface area (Å²) in [5.74, 6) is 1.79. The van der Waals surface area contributed by atoms with Gasteiger partial charge in [0.05, 0.1) is 0 Å². The summed E-state index contributed by atoms with van der Waals surface area (Å²) in [6.07, 6.45) is 2.67. The molecule has 0 amide bonds. The van der Waals surface area contributed by atoms with Crippen LogP contribution < -0.4 is 10.2 Å². The Morgan fingerprint density at radius 1 is 1.40 bits per heavy atom. The largest absolute Gasteiger partial charge is 0.369 e. The fraction of sp³-hybridized carbons (Fsp3) is 0.600. The minimum atomic E-state index is 0.863. The Morgan fingerprint density at radius 3 is 2.73 bits per heavy atom. The van der Waals surface area contributed by atoms with Crippen LogP contribution in [-0.2, 0) is 0 Å². The summed E-state index contributed by atoms with van der Waals surface area (Å²) in [4.78, 5) is 10.5. The molecular weight excluding hydrogens is 256 g/mol. The molecule has 0 saturated carbocycles. The van der Waals surface area contributed by atoms with Crippen molar-refractivity contribution in [1.29, 1.82) is 0 Å². The highest BCUT2D eigenvalue weighted by Crippen LogP contribution is 2.28. The third kappa shape index (κ3) is 3.06. The maximum absolute atomic E-state index is 4.25. The molecule has 5 heteroatoms. The van der Waals surface area contributed by atoms with E-state index in [1.165, 1.54) is 0 Å². The van der Waals surface area contributed by atoms with Crippen LogP contribution in [0, 0.1) is 0 Å². The molecule has 0 aromatic carbocycles. The van der Waals surface area contributed by atoms with Crippen molar-refractivity contribution >= 4 is 27.6 Å². The van der Waals surface area contributed by atoms with Gasteiger partial charge in [-0.05, 0) is 29.3 Å². The number of hydrogen-bond donors (Lipinski definition) is 1. The first-order valence-corrected chi connectivity index (χ1v) is 5.95. The van der Waals surface area contributed by atoms with Gasteiger partial charge in [0, 0.05) is 20.1 Å². The van der Waals surface area contributed by atoms with Crippen molar-refractivity contribution < 1.29 is 0 Å². The Kier molecular flexibility index (Phi) is 4.81. The van der Waals surface area contributed by atoms with Crippen molar-refractivity contribution in [2.75, 3.05) is 30.4 Å². The average Bonchev–Trinajstić information content (AvgIpc) is 2.27. The van der Waals surface area contributed by atoms with Crippen molar-refractivity contribution in [1.82, 2.24) is 9.97 Å². The summed E-state index contributed by atoms with van der Waals surface area (Å²) in [5.41, 5.74) is 0. The first-order chi connectivity index (χ1) is 7.20. The van der Waals surface area contributed by atoms with E-state index in [1.54, 1.807) is 6.33 Å². The van der Waals surface area contributed by atoms with Crippen molar-refractivity contribution in [2.24, 2.45) is 0 Å². The van der Waals surface area contributed by atoms with E-state index in [1.807, 2.05) is 7.05 Å². The first-order valence-electron chi connectivity index (χ1n) is 5.16. The number of anilines is 2. The molecule has 1 rings (SSSR count). The second-order valence-corrected chi connectivity index (χ2v) is 4.09. The summed E-state index contributed by atoms with van der Waals surface area (Å²) in [6.45, 7) is 6.06. The Bertz CT molecular complexity index is 316. The van der Waals surface area contributed by atoms with Crippen molar-refractivity contribution in [3.63, 3.8) is 0 Å². The average molecular weight is 273 g/mol. The summed E-state index contributed by atoms with van der Waals surface area (Å²) in [7, 11) is 2.01. The highest BCUT2D eigenvalue weighted by molar-refractivity contribution is 9.10. The van der Waals surface area contributed by atoms with E-state index in [2.05, 4.69) is 50.0 Å². The molecule has 1 heterocycles. The number of rotatable bonds is 5. The lowest BCUT2D eigenvalue weighted by Crippen LogP contribution is -2.18. The van der Waals surface area contributed by atoms with Crippen molar-refractivity contribution in [2.45, 2.75) is 20.3 Å². The van der Waals surface area contributed by atoms with Gasteiger partial charge in [0.25, 0.3) is 0 Å². The van der Waals surface area contributed by atoms with E-state index in [0.717, 1.165) is 35.6 Å². The van der Waals surface area contributed by atoms with Crippen molar-refractivity contribution in [3.8, 4) is 0 Å². The van der Waals surface area contributed by atoms with E-state index in [0.29, 0.717) is 0 Å². The zero-order valence-corrected chi connectivity index (χ0v) is 11.0. The molecule has 1 aromatic heterocycles. The number of nitrogens with one attached hydrogen (secondary N) is 1. The van der Waals surface area contributed by atoms with Gasteiger partial charge in [0.1, 0.15) is 22.4 Å². The van der Waals surface area contributed by atoms with Gasteiger partial charge in [0.2, 0.25) is 0 Å². The number of aromatic nitrogens is 2. The standard InChI is InChI=1S/C10H17BrN4/c1-4-6-12-9-8(11)10(14-7-13-9)15(3)5-2/h7H,4-6H2,1-3H3,(H,12,13,14). The molecule has 0 atom stereocenters. The highest BCUT2D eigenvalue weighted by Gasteiger charge is 2.10. The van der Waals surface area contributed by atoms with E-state index in [4.69, 9.17) is 0 Å². The lowest BCUT2D eigenvalue weighted by molar-refractivity contribution is 0.914. The molecule has 0 radical (unpaired) electrons. The second kappa shape index (κ2) is 5.90. The van der Waals surface area contributed by atoms with Gasteiger partial charge in [-0.3, -0.25) is 0 Å². The predicted molar refractivity (Wildman–Crippen MR) is 67.5 cm³/mol. The van der Waals surface area contributed by atoms with Crippen LogP contribution in [0.2, 0.25) is 0 Å². The normalized spacial score (nSPS) is 10.1. The van der Waals surface area contributed by atoms with Crippen LogP contribution in [0.15, 0.2) is 10.8 Å².